The molecule has 8 nitrogen and oxygen atoms in total. The molecule has 0 amide bonds. The molecule has 0 radical (unpaired) electrons. The molecule has 4 heterocycles. The fraction of sp³-hybridized carbons (Fsp3) is 0.385. The van der Waals surface area contributed by atoms with Crippen LogP contribution in [0.15, 0.2) is 16.9 Å². The molecule has 3 atom stereocenters. The highest BCUT2D eigenvalue weighted by atomic mass is 32.2. The van der Waals surface area contributed by atoms with Crippen molar-refractivity contribution in [2.75, 3.05) is 6.26 Å². The Kier molecular flexibility index (Phi) is 5.81. The number of fused-ring (bicyclic) bond motifs is 5. The maximum absolute atomic E-state index is 14.6. The molecule has 3 aromatic rings. The summed E-state index contributed by atoms with van der Waals surface area (Å²) in [5.74, 6) is 1.82. The molecule has 10 heteroatoms. The third-order valence-electron chi connectivity index (χ3n) is 7.24. The van der Waals surface area contributed by atoms with Crippen LogP contribution < -0.4 is 11.3 Å². The summed E-state index contributed by atoms with van der Waals surface area (Å²) < 4.78 is 39.2. The van der Waals surface area contributed by atoms with Crippen LogP contribution in [0.1, 0.15) is 65.1 Å². The minimum Gasteiger partial charge on any atom is -0.460 e. The highest BCUT2D eigenvalue weighted by Gasteiger charge is 2.36. The van der Waals surface area contributed by atoms with E-state index in [-0.39, 0.29) is 30.0 Å². The normalized spacial score (nSPS) is 21.0. The molecule has 0 fully saturated rings. The van der Waals surface area contributed by atoms with Gasteiger partial charge in [0.1, 0.15) is 12.4 Å². The van der Waals surface area contributed by atoms with E-state index in [0.29, 0.717) is 47.4 Å². The van der Waals surface area contributed by atoms with Crippen molar-refractivity contribution in [2.24, 2.45) is 5.73 Å². The number of nitrogens with two attached hydrogens (primary N) is 1. The Labute approximate surface area is 208 Å². The van der Waals surface area contributed by atoms with E-state index in [4.69, 9.17) is 20.0 Å². The van der Waals surface area contributed by atoms with Gasteiger partial charge in [0.2, 0.25) is 0 Å². The molecule has 0 saturated heterocycles. The number of carbonyl (C=O) groups is 1. The Hall–Kier alpha value is -3.08. The van der Waals surface area contributed by atoms with Gasteiger partial charge in [0.05, 0.1) is 44.7 Å². The van der Waals surface area contributed by atoms with Crippen molar-refractivity contribution in [3.05, 3.63) is 61.7 Å². The van der Waals surface area contributed by atoms with Crippen LogP contribution in [-0.4, -0.2) is 36.4 Å². The number of nitrogens with zero attached hydrogens (tertiary/aromatic N) is 2. The maximum atomic E-state index is 14.6. The second-order valence-electron chi connectivity index (χ2n) is 9.74. The van der Waals surface area contributed by atoms with Crippen LogP contribution >= 0.6 is 0 Å². The number of carbonyl (C=O) groups excluding carboxylic acids is 1. The lowest BCUT2D eigenvalue weighted by Crippen LogP contribution is -2.32. The van der Waals surface area contributed by atoms with Gasteiger partial charge >= 0.3 is 5.97 Å². The number of ether oxygens (including phenoxy) is 1. The predicted molar refractivity (Wildman–Crippen MR) is 137 cm³/mol. The summed E-state index contributed by atoms with van der Waals surface area (Å²) in [6.07, 6.45) is 3.15. The molecular weight excluding hydrogens is 485 g/mol. The van der Waals surface area contributed by atoms with Crippen LogP contribution in [-0.2, 0) is 38.9 Å². The standard InChI is InChI=1S/C24H22FN3O3.C2H6O2S/c1-3-11-13-6-19-22-14(8-28(19)23(29)15(13)9-31-24(11)30)20-17(26)5-4-12-10(2)16(25)7-18(27-22)21(12)20;1-5(2,3)4/h6-7,11,17H,3-5,8-9,26H2,1-2H3;1H2,2H3,(H,3,4). The Morgan fingerprint density at radius 1 is 1.31 bits per heavy atom. The van der Waals surface area contributed by atoms with Crippen LogP contribution in [0.25, 0.3) is 22.3 Å². The summed E-state index contributed by atoms with van der Waals surface area (Å²) >= 11 is 0. The van der Waals surface area contributed by atoms with Crippen LogP contribution in [0.4, 0.5) is 4.39 Å². The van der Waals surface area contributed by atoms with Crippen molar-refractivity contribution in [3.8, 4) is 11.4 Å². The van der Waals surface area contributed by atoms with Crippen molar-refractivity contribution < 1.29 is 22.7 Å². The van der Waals surface area contributed by atoms with E-state index in [0.717, 1.165) is 40.3 Å². The van der Waals surface area contributed by atoms with Crippen molar-refractivity contribution >= 4 is 32.5 Å². The Morgan fingerprint density at radius 3 is 2.67 bits per heavy atom. The molecule has 2 aromatic heterocycles. The highest BCUT2D eigenvalue weighted by Crippen LogP contribution is 2.44. The molecule has 0 spiro atoms. The first-order chi connectivity index (χ1) is 16.9. The molecule has 0 saturated carbocycles. The smallest absolute Gasteiger partial charge is 0.313 e. The Bertz CT molecular complexity index is 1620. The van der Waals surface area contributed by atoms with Gasteiger partial charge in [-0.25, -0.2) is 13.6 Å². The number of benzene rings is 1. The fourth-order valence-electron chi connectivity index (χ4n) is 5.61. The number of rotatable bonds is 1. The van der Waals surface area contributed by atoms with Crippen LogP contribution in [0.3, 0.4) is 0 Å². The van der Waals surface area contributed by atoms with Gasteiger partial charge in [0.25, 0.3) is 5.56 Å². The molecule has 3 aliphatic rings. The SMILES string of the molecule is C=S(C)(=O)O.CCC1C(=O)OCc2c1cc1n(c2=O)Cc2c-1nc1cc(F)c(C)c3c1c2C(N)CC3. The highest BCUT2D eigenvalue weighted by molar-refractivity contribution is 7.94. The van der Waals surface area contributed by atoms with E-state index in [1.165, 1.54) is 6.07 Å². The minimum atomic E-state index is -2.67. The summed E-state index contributed by atoms with van der Waals surface area (Å²) in [6.45, 7) is 4.08. The van der Waals surface area contributed by atoms with E-state index in [9.17, 15) is 18.2 Å². The lowest BCUT2D eigenvalue weighted by Gasteiger charge is -2.26. The molecule has 36 heavy (non-hydrogen) atoms. The second kappa shape index (κ2) is 8.50. The zero-order valence-corrected chi connectivity index (χ0v) is 21.2. The lowest BCUT2D eigenvalue weighted by atomic mass is 9.82. The molecule has 6 rings (SSSR count). The van der Waals surface area contributed by atoms with E-state index in [1.54, 1.807) is 11.5 Å². The van der Waals surface area contributed by atoms with Gasteiger partial charge in [0, 0.05) is 29.3 Å². The topological polar surface area (TPSA) is 125 Å². The van der Waals surface area contributed by atoms with E-state index in [2.05, 4.69) is 5.87 Å². The van der Waals surface area contributed by atoms with Gasteiger partial charge in [0.15, 0.2) is 0 Å². The van der Waals surface area contributed by atoms with Gasteiger partial charge in [-0.15, -0.1) is 0 Å². The van der Waals surface area contributed by atoms with Gasteiger partial charge in [-0.3, -0.25) is 9.59 Å². The number of aromatic nitrogens is 2. The number of esters is 1. The average molecular weight is 514 g/mol. The number of cyclic esters (lactones) is 1. The predicted octanol–water partition coefficient (Wildman–Crippen LogP) is 3.17. The first kappa shape index (κ1) is 24.6. The fourth-order valence-corrected chi connectivity index (χ4v) is 5.61. The van der Waals surface area contributed by atoms with Crippen LogP contribution in [0, 0.1) is 12.7 Å². The molecule has 190 valence electrons. The molecule has 3 unspecified atom stereocenters. The monoisotopic (exact) mass is 513 g/mol. The summed E-state index contributed by atoms with van der Waals surface area (Å²) in [7, 11) is -2.67. The van der Waals surface area contributed by atoms with Crippen LogP contribution in [0.2, 0.25) is 0 Å². The number of pyridine rings is 2. The molecule has 2 aliphatic heterocycles. The first-order valence-electron chi connectivity index (χ1n) is 11.8. The Balaban J connectivity index is 0.000000489. The summed E-state index contributed by atoms with van der Waals surface area (Å²) in [6, 6.07) is 3.19. The zero-order valence-electron chi connectivity index (χ0n) is 20.4. The number of hydrogen-bond acceptors (Lipinski definition) is 6. The van der Waals surface area contributed by atoms with Crippen molar-refractivity contribution in [1.29, 1.82) is 0 Å². The molecule has 1 aliphatic carbocycles. The van der Waals surface area contributed by atoms with E-state index >= 15 is 0 Å². The van der Waals surface area contributed by atoms with Gasteiger partial charge < -0.3 is 19.6 Å². The van der Waals surface area contributed by atoms with Crippen molar-refractivity contribution in [2.45, 2.75) is 58.2 Å². The molecular formula is C26H28FN3O5S. The molecule has 1 aromatic carbocycles. The molecule has 3 N–H and O–H groups in total. The van der Waals surface area contributed by atoms with Crippen LogP contribution in [0.5, 0.6) is 0 Å². The van der Waals surface area contributed by atoms with Gasteiger partial charge in [-0.1, -0.05) is 6.92 Å². The summed E-state index contributed by atoms with van der Waals surface area (Å²) in [5.41, 5.74) is 13.1. The van der Waals surface area contributed by atoms with Gasteiger partial charge in [-0.2, -0.15) is 0 Å². The van der Waals surface area contributed by atoms with Gasteiger partial charge in [-0.05, 0) is 60.4 Å². The van der Waals surface area contributed by atoms with Crippen molar-refractivity contribution in [1.82, 2.24) is 9.55 Å². The number of aryl methyl sites for hydroxylation is 1. The number of halogens is 1. The second-order valence-corrected chi connectivity index (χ2v) is 11.7. The first-order valence-corrected chi connectivity index (χ1v) is 13.9. The largest absolute Gasteiger partial charge is 0.460 e. The van der Waals surface area contributed by atoms with E-state index in [1.807, 2.05) is 13.0 Å². The lowest BCUT2D eigenvalue weighted by molar-refractivity contribution is -0.148. The number of hydrogen-bond donors (Lipinski definition) is 2. The third-order valence-corrected chi connectivity index (χ3v) is 7.24. The third kappa shape index (κ3) is 3.84. The average Bonchev–Trinajstić information content (AvgIpc) is 3.15. The molecule has 0 bridgehead atoms. The minimum absolute atomic E-state index is 0.00352. The van der Waals surface area contributed by atoms with E-state index < -0.39 is 15.7 Å². The Morgan fingerprint density at radius 2 is 2.00 bits per heavy atom. The van der Waals surface area contributed by atoms with Crippen molar-refractivity contribution in [3.63, 3.8) is 0 Å². The summed E-state index contributed by atoms with van der Waals surface area (Å²) in [4.78, 5) is 30.5. The maximum Gasteiger partial charge on any atom is 0.313 e. The quantitative estimate of drug-likeness (QED) is 0.296. The zero-order chi connectivity index (χ0) is 26.1. The summed E-state index contributed by atoms with van der Waals surface area (Å²) in [5, 5.41) is 0.937.